The van der Waals surface area contributed by atoms with E-state index < -0.39 is 16.0 Å². The maximum Gasteiger partial charge on any atom is 0.337 e. The normalized spacial score (nSPS) is 11.1. The molecule has 20 heavy (non-hydrogen) atoms. The van der Waals surface area contributed by atoms with Crippen LogP contribution in [0, 0.1) is 0 Å². The van der Waals surface area contributed by atoms with E-state index in [4.69, 9.17) is 5.11 Å². The number of nitrogens with one attached hydrogen (secondary N) is 1. The zero-order valence-corrected chi connectivity index (χ0v) is 11.5. The molecule has 0 spiro atoms. The van der Waals surface area contributed by atoms with E-state index in [0.717, 1.165) is 17.4 Å². The zero-order chi connectivity index (χ0) is 14.8. The van der Waals surface area contributed by atoms with Gasteiger partial charge in [-0.15, -0.1) is 0 Å². The second kappa shape index (κ2) is 5.34. The number of benzene rings is 2. The Labute approximate surface area is 116 Å². The van der Waals surface area contributed by atoms with Crippen molar-refractivity contribution in [3.63, 3.8) is 0 Å². The minimum absolute atomic E-state index is 0.0568. The lowest BCUT2D eigenvalue weighted by Gasteiger charge is -2.10. The SMILES string of the molecule is CS(=O)(=O)Nc1cc(-c2ccccc2)ccc1C(=O)O. The van der Waals surface area contributed by atoms with Crippen LogP contribution >= 0.6 is 0 Å². The second-order valence-electron chi connectivity index (χ2n) is 4.31. The molecule has 6 heteroatoms. The molecule has 0 heterocycles. The van der Waals surface area contributed by atoms with Crippen LogP contribution in [0.2, 0.25) is 0 Å². The third-order valence-corrected chi connectivity index (χ3v) is 3.24. The molecule has 0 aliphatic heterocycles. The predicted octanol–water partition coefficient (Wildman–Crippen LogP) is 2.42. The van der Waals surface area contributed by atoms with Gasteiger partial charge >= 0.3 is 5.97 Å². The molecule has 0 atom stereocenters. The molecule has 2 aromatic rings. The molecule has 2 N–H and O–H groups in total. The first-order valence-electron chi connectivity index (χ1n) is 5.77. The number of anilines is 1. The Balaban J connectivity index is 2.54. The molecule has 0 aliphatic carbocycles. The number of carbonyl (C=O) groups is 1. The summed E-state index contributed by atoms with van der Waals surface area (Å²) in [6.07, 6.45) is 0.980. The first-order valence-corrected chi connectivity index (χ1v) is 7.66. The van der Waals surface area contributed by atoms with Crippen molar-refractivity contribution in [3.05, 3.63) is 54.1 Å². The molecule has 0 bridgehead atoms. The molecule has 104 valence electrons. The monoisotopic (exact) mass is 291 g/mol. The summed E-state index contributed by atoms with van der Waals surface area (Å²) in [5.74, 6) is -1.18. The van der Waals surface area contributed by atoms with Gasteiger partial charge in [-0.05, 0) is 23.3 Å². The fraction of sp³-hybridized carbons (Fsp3) is 0.0714. The van der Waals surface area contributed by atoms with Gasteiger partial charge in [-0.3, -0.25) is 4.72 Å². The molecule has 5 nitrogen and oxygen atoms in total. The van der Waals surface area contributed by atoms with Crippen LogP contribution in [0.1, 0.15) is 10.4 Å². The van der Waals surface area contributed by atoms with Crippen molar-refractivity contribution >= 4 is 21.7 Å². The zero-order valence-electron chi connectivity index (χ0n) is 10.7. The molecule has 0 aliphatic rings. The summed E-state index contributed by atoms with van der Waals surface area (Å²) in [5, 5.41) is 9.09. The Hall–Kier alpha value is -2.34. The van der Waals surface area contributed by atoms with E-state index in [1.165, 1.54) is 12.1 Å². The molecular weight excluding hydrogens is 278 g/mol. The quantitative estimate of drug-likeness (QED) is 0.906. The summed E-state index contributed by atoms with van der Waals surface area (Å²) in [4.78, 5) is 11.1. The van der Waals surface area contributed by atoms with Gasteiger partial charge in [-0.2, -0.15) is 0 Å². The average molecular weight is 291 g/mol. The highest BCUT2D eigenvalue weighted by molar-refractivity contribution is 7.92. The van der Waals surface area contributed by atoms with E-state index in [1.807, 2.05) is 30.3 Å². The van der Waals surface area contributed by atoms with Gasteiger partial charge in [0.05, 0.1) is 17.5 Å². The Kier molecular flexibility index (Phi) is 3.76. The van der Waals surface area contributed by atoms with Crippen LogP contribution < -0.4 is 4.72 Å². The van der Waals surface area contributed by atoms with Crippen LogP contribution in [-0.4, -0.2) is 25.7 Å². The van der Waals surface area contributed by atoms with Crippen molar-refractivity contribution < 1.29 is 18.3 Å². The summed E-state index contributed by atoms with van der Waals surface area (Å²) in [6.45, 7) is 0. The number of carboxylic acids is 1. The van der Waals surface area contributed by atoms with E-state index in [0.29, 0.717) is 0 Å². The fourth-order valence-electron chi connectivity index (χ4n) is 1.83. The van der Waals surface area contributed by atoms with Crippen LogP contribution in [0.25, 0.3) is 11.1 Å². The van der Waals surface area contributed by atoms with E-state index in [1.54, 1.807) is 6.07 Å². The van der Waals surface area contributed by atoms with E-state index in [9.17, 15) is 13.2 Å². The number of carboxylic acid groups (broad SMARTS) is 1. The number of sulfonamides is 1. The average Bonchev–Trinajstić information content (AvgIpc) is 2.37. The van der Waals surface area contributed by atoms with Gasteiger partial charge < -0.3 is 5.11 Å². The second-order valence-corrected chi connectivity index (χ2v) is 6.05. The predicted molar refractivity (Wildman–Crippen MR) is 77.3 cm³/mol. The van der Waals surface area contributed by atoms with Crippen LogP contribution in [0.15, 0.2) is 48.5 Å². The molecule has 0 saturated carbocycles. The van der Waals surface area contributed by atoms with E-state index in [2.05, 4.69) is 4.72 Å². The van der Waals surface area contributed by atoms with Gasteiger partial charge in [-0.25, -0.2) is 13.2 Å². The highest BCUT2D eigenvalue weighted by Crippen LogP contribution is 2.26. The standard InChI is InChI=1S/C14H13NO4S/c1-20(18,19)15-13-9-11(7-8-12(13)14(16)17)10-5-3-2-4-6-10/h2-9,15H,1H3,(H,16,17). The van der Waals surface area contributed by atoms with Gasteiger partial charge in [0.15, 0.2) is 0 Å². The number of aromatic carboxylic acids is 1. The summed E-state index contributed by atoms with van der Waals surface area (Å²) in [6, 6.07) is 13.8. The van der Waals surface area contributed by atoms with Gasteiger partial charge in [0.2, 0.25) is 10.0 Å². The molecule has 0 aromatic heterocycles. The highest BCUT2D eigenvalue weighted by atomic mass is 32.2. The highest BCUT2D eigenvalue weighted by Gasteiger charge is 2.14. The van der Waals surface area contributed by atoms with Crippen molar-refractivity contribution in [2.45, 2.75) is 0 Å². The third kappa shape index (κ3) is 3.36. The Bertz CT molecular complexity index is 739. The number of rotatable bonds is 4. The Morgan fingerprint density at radius 1 is 1.05 bits per heavy atom. The van der Waals surface area contributed by atoms with Crippen molar-refractivity contribution in [1.29, 1.82) is 0 Å². The molecule has 0 fully saturated rings. The van der Waals surface area contributed by atoms with Gasteiger partial charge in [0.25, 0.3) is 0 Å². The summed E-state index contributed by atoms with van der Waals surface area (Å²) in [5.41, 5.74) is 1.58. The van der Waals surface area contributed by atoms with Crippen LogP contribution in [0.3, 0.4) is 0 Å². The number of hydrogen-bond donors (Lipinski definition) is 2. The fourth-order valence-corrected chi connectivity index (χ4v) is 2.39. The smallest absolute Gasteiger partial charge is 0.337 e. The molecule has 0 saturated heterocycles. The van der Waals surface area contributed by atoms with Gasteiger partial charge in [0, 0.05) is 0 Å². The van der Waals surface area contributed by atoms with Crippen molar-refractivity contribution in [2.24, 2.45) is 0 Å². The summed E-state index contributed by atoms with van der Waals surface area (Å²) in [7, 11) is -3.55. The minimum Gasteiger partial charge on any atom is -0.478 e. The Morgan fingerprint density at radius 2 is 1.70 bits per heavy atom. The number of hydrogen-bond acceptors (Lipinski definition) is 3. The first-order chi connectivity index (χ1) is 9.37. The minimum atomic E-state index is -3.55. The van der Waals surface area contributed by atoms with Crippen molar-refractivity contribution in [3.8, 4) is 11.1 Å². The first kappa shape index (κ1) is 14.1. The van der Waals surface area contributed by atoms with Crippen molar-refractivity contribution in [1.82, 2.24) is 0 Å². The molecule has 0 unspecified atom stereocenters. The summed E-state index contributed by atoms with van der Waals surface area (Å²) < 4.78 is 24.9. The lowest BCUT2D eigenvalue weighted by atomic mass is 10.0. The Morgan fingerprint density at radius 3 is 2.25 bits per heavy atom. The molecule has 0 amide bonds. The molecule has 0 radical (unpaired) electrons. The van der Waals surface area contributed by atoms with Gasteiger partial charge in [-0.1, -0.05) is 36.4 Å². The summed E-state index contributed by atoms with van der Waals surface area (Å²) >= 11 is 0. The van der Waals surface area contributed by atoms with E-state index >= 15 is 0 Å². The van der Waals surface area contributed by atoms with E-state index in [-0.39, 0.29) is 11.3 Å². The maximum absolute atomic E-state index is 11.3. The van der Waals surface area contributed by atoms with Crippen LogP contribution in [-0.2, 0) is 10.0 Å². The molecular formula is C14H13NO4S. The lowest BCUT2D eigenvalue weighted by Crippen LogP contribution is -2.13. The topological polar surface area (TPSA) is 83.5 Å². The van der Waals surface area contributed by atoms with Crippen LogP contribution in [0.4, 0.5) is 5.69 Å². The largest absolute Gasteiger partial charge is 0.478 e. The third-order valence-electron chi connectivity index (χ3n) is 2.65. The lowest BCUT2D eigenvalue weighted by molar-refractivity contribution is 0.0698. The van der Waals surface area contributed by atoms with Crippen LogP contribution in [0.5, 0.6) is 0 Å². The molecule has 2 aromatic carbocycles. The molecule has 2 rings (SSSR count). The maximum atomic E-state index is 11.3. The van der Waals surface area contributed by atoms with Gasteiger partial charge in [0.1, 0.15) is 0 Å². The van der Waals surface area contributed by atoms with Crippen molar-refractivity contribution in [2.75, 3.05) is 11.0 Å².